The van der Waals surface area contributed by atoms with Crippen LogP contribution in [0.25, 0.3) is 0 Å². The molecule has 0 aromatic heterocycles. The van der Waals surface area contributed by atoms with Gasteiger partial charge in [0.1, 0.15) is 6.10 Å². The Bertz CT molecular complexity index is 361. The van der Waals surface area contributed by atoms with Gasteiger partial charge in [0.05, 0.1) is 19.6 Å². The SMILES string of the molecule is C[C@H]1CC(=O)O[C@H]1CCOCc1ccccc1. The van der Waals surface area contributed by atoms with E-state index in [-0.39, 0.29) is 12.1 Å². The predicted octanol–water partition coefficient (Wildman–Crippen LogP) is 2.54. The highest BCUT2D eigenvalue weighted by Crippen LogP contribution is 2.23. The molecule has 2 rings (SSSR count). The lowest BCUT2D eigenvalue weighted by molar-refractivity contribution is -0.142. The second-order valence-corrected chi connectivity index (χ2v) is 4.54. The molecule has 1 fully saturated rings. The predicted molar refractivity (Wildman–Crippen MR) is 64.4 cm³/mol. The lowest BCUT2D eigenvalue weighted by Gasteiger charge is -2.13. The van der Waals surface area contributed by atoms with E-state index >= 15 is 0 Å². The largest absolute Gasteiger partial charge is 0.462 e. The van der Waals surface area contributed by atoms with Crippen LogP contribution in [-0.2, 0) is 20.9 Å². The summed E-state index contributed by atoms with van der Waals surface area (Å²) in [5.41, 5.74) is 1.17. The van der Waals surface area contributed by atoms with Gasteiger partial charge in [-0.05, 0) is 5.56 Å². The number of cyclic esters (lactones) is 1. The maximum atomic E-state index is 11.1. The summed E-state index contributed by atoms with van der Waals surface area (Å²) in [6, 6.07) is 10.1. The first-order chi connectivity index (χ1) is 8.25. The van der Waals surface area contributed by atoms with Crippen molar-refractivity contribution in [2.24, 2.45) is 5.92 Å². The minimum absolute atomic E-state index is 0.0401. The van der Waals surface area contributed by atoms with Crippen LogP contribution >= 0.6 is 0 Å². The molecule has 1 aromatic rings. The van der Waals surface area contributed by atoms with Crippen molar-refractivity contribution in [2.75, 3.05) is 6.61 Å². The van der Waals surface area contributed by atoms with E-state index in [1.165, 1.54) is 5.56 Å². The van der Waals surface area contributed by atoms with E-state index in [0.717, 1.165) is 6.42 Å². The highest BCUT2D eigenvalue weighted by atomic mass is 16.6. The Hall–Kier alpha value is -1.35. The average Bonchev–Trinajstić information content (AvgIpc) is 2.65. The van der Waals surface area contributed by atoms with Crippen LogP contribution in [0, 0.1) is 5.92 Å². The zero-order chi connectivity index (χ0) is 12.1. The molecule has 17 heavy (non-hydrogen) atoms. The van der Waals surface area contributed by atoms with E-state index < -0.39 is 0 Å². The topological polar surface area (TPSA) is 35.5 Å². The number of carbonyl (C=O) groups is 1. The van der Waals surface area contributed by atoms with Gasteiger partial charge in [-0.2, -0.15) is 0 Å². The van der Waals surface area contributed by atoms with Crippen molar-refractivity contribution in [1.29, 1.82) is 0 Å². The summed E-state index contributed by atoms with van der Waals surface area (Å²) in [4.78, 5) is 11.1. The minimum atomic E-state index is -0.0782. The van der Waals surface area contributed by atoms with Gasteiger partial charge in [0.2, 0.25) is 0 Å². The van der Waals surface area contributed by atoms with Gasteiger partial charge in [0, 0.05) is 12.3 Å². The van der Waals surface area contributed by atoms with E-state index in [1.807, 2.05) is 37.3 Å². The first-order valence-electron chi connectivity index (χ1n) is 6.07. The molecule has 92 valence electrons. The normalized spacial score (nSPS) is 23.7. The maximum absolute atomic E-state index is 11.1. The maximum Gasteiger partial charge on any atom is 0.306 e. The number of rotatable bonds is 5. The van der Waals surface area contributed by atoms with E-state index in [1.54, 1.807) is 0 Å². The molecule has 0 saturated carbocycles. The van der Waals surface area contributed by atoms with Crippen molar-refractivity contribution >= 4 is 5.97 Å². The lowest BCUT2D eigenvalue weighted by Crippen LogP contribution is -2.16. The fourth-order valence-corrected chi connectivity index (χ4v) is 2.03. The second-order valence-electron chi connectivity index (χ2n) is 4.54. The Kier molecular flexibility index (Phi) is 4.15. The third kappa shape index (κ3) is 3.56. The fourth-order valence-electron chi connectivity index (χ4n) is 2.03. The van der Waals surface area contributed by atoms with Gasteiger partial charge in [-0.3, -0.25) is 4.79 Å². The molecule has 3 heteroatoms. The lowest BCUT2D eigenvalue weighted by atomic mass is 10.0. The molecular formula is C14H18O3. The molecule has 0 bridgehead atoms. The fraction of sp³-hybridized carbons (Fsp3) is 0.500. The summed E-state index contributed by atoms with van der Waals surface area (Å²) in [7, 11) is 0. The number of hydrogen-bond acceptors (Lipinski definition) is 3. The van der Waals surface area contributed by atoms with Gasteiger partial charge in [-0.25, -0.2) is 0 Å². The Morgan fingerprint density at radius 3 is 2.76 bits per heavy atom. The Morgan fingerprint density at radius 2 is 2.12 bits per heavy atom. The quantitative estimate of drug-likeness (QED) is 0.580. The number of hydrogen-bond donors (Lipinski definition) is 0. The third-order valence-corrected chi connectivity index (χ3v) is 3.06. The second kappa shape index (κ2) is 5.82. The van der Waals surface area contributed by atoms with Crippen LogP contribution in [-0.4, -0.2) is 18.7 Å². The Labute approximate surface area is 102 Å². The number of ether oxygens (including phenoxy) is 2. The zero-order valence-corrected chi connectivity index (χ0v) is 10.1. The zero-order valence-electron chi connectivity index (χ0n) is 10.1. The van der Waals surface area contributed by atoms with Crippen LogP contribution in [0.2, 0.25) is 0 Å². The Morgan fingerprint density at radius 1 is 1.35 bits per heavy atom. The van der Waals surface area contributed by atoms with Gasteiger partial charge >= 0.3 is 5.97 Å². The van der Waals surface area contributed by atoms with Crippen molar-refractivity contribution in [3.63, 3.8) is 0 Å². The first kappa shape index (κ1) is 12.1. The molecule has 3 nitrogen and oxygen atoms in total. The van der Waals surface area contributed by atoms with Gasteiger partial charge in [-0.15, -0.1) is 0 Å². The molecule has 1 aliphatic rings. The molecule has 2 atom stereocenters. The van der Waals surface area contributed by atoms with Crippen molar-refractivity contribution in [3.05, 3.63) is 35.9 Å². The molecular weight excluding hydrogens is 216 g/mol. The van der Waals surface area contributed by atoms with Crippen LogP contribution in [0.4, 0.5) is 0 Å². The average molecular weight is 234 g/mol. The minimum Gasteiger partial charge on any atom is -0.462 e. The molecule has 0 radical (unpaired) electrons. The molecule has 1 saturated heterocycles. The van der Waals surface area contributed by atoms with E-state index in [4.69, 9.17) is 9.47 Å². The van der Waals surface area contributed by atoms with Gasteiger partial charge in [0.25, 0.3) is 0 Å². The molecule has 0 amide bonds. The van der Waals surface area contributed by atoms with Crippen molar-refractivity contribution in [2.45, 2.75) is 32.5 Å². The van der Waals surface area contributed by atoms with Crippen LogP contribution < -0.4 is 0 Å². The van der Waals surface area contributed by atoms with Crippen LogP contribution in [0.15, 0.2) is 30.3 Å². The van der Waals surface area contributed by atoms with Crippen molar-refractivity contribution in [1.82, 2.24) is 0 Å². The summed E-state index contributed by atoms with van der Waals surface area (Å²) in [6.07, 6.45) is 1.38. The van der Waals surface area contributed by atoms with Crippen LogP contribution in [0.5, 0.6) is 0 Å². The van der Waals surface area contributed by atoms with Crippen LogP contribution in [0.1, 0.15) is 25.3 Å². The molecule has 1 heterocycles. The summed E-state index contributed by atoms with van der Waals surface area (Å²) >= 11 is 0. The Balaban J connectivity index is 1.65. The summed E-state index contributed by atoms with van der Waals surface area (Å²) in [5.74, 6) is 0.244. The van der Waals surface area contributed by atoms with Gasteiger partial charge in [0.15, 0.2) is 0 Å². The summed E-state index contributed by atoms with van der Waals surface area (Å²) < 4.78 is 10.8. The highest BCUT2D eigenvalue weighted by molar-refractivity contribution is 5.71. The summed E-state index contributed by atoms with van der Waals surface area (Å²) in [6.45, 7) is 3.31. The molecule has 0 aliphatic carbocycles. The van der Waals surface area contributed by atoms with Gasteiger partial charge in [-0.1, -0.05) is 37.3 Å². The summed E-state index contributed by atoms with van der Waals surface area (Å²) in [5, 5.41) is 0. The molecule has 1 aliphatic heterocycles. The highest BCUT2D eigenvalue weighted by Gasteiger charge is 2.30. The van der Waals surface area contributed by atoms with E-state index in [9.17, 15) is 4.79 Å². The number of benzene rings is 1. The standard InChI is InChI=1S/C14H18O3/c1-11-9-14(15)17-13(11)7-8-16-10-12-5-3-2-4-6-12/h2-6,11,13H,7-10H2,1H3/t11-,13-/m0/s1. The molecule has 0 unspecified atom stereocenters. The van der Waals surface area contributed by atoms with Crippen LogP contribution in [0.3, 0.4) is 0 Å². The molecule has 0 spiro atoms. The number of carbonyl (C=O) groups excluding carboxylic acids is 1. The first-order valence-corrected chi connectivity index (χ1v) is 6.07. The smallest absolute Gasteiger partial charge is 0.306 e. The number of esters is 1. The monoisotopic (exact) mass is 234 g/mol. The van der Waals surface area contributed by atoms with E-state index in [2.05, 4.69) is 0 Å². The van der Waals surface area contributed by atoms with Crippen molar-refractivity contribution < 1.29 is 14.3 Å². The van der Waals surface area contributed by atoms with Gasteiger partial charge < -0.3 is 9.47 Å². The van der Waals surface area contributed by atoms with E-state index in [0.29, 0.717) is 25.6 Å². The molecule has 0 N–H and O–H groups in total. The molecule has 1 aromatic carbocycles. The third-order valence-electron chi connectivity index (χ3n) is 3.06. The van der Waals surface area contributed by atoms with Crippen molar-refractivity contribution in [3.8, 4) is 0 Å².